The van der Waals surface area contributed by atoms with E-state index in [9.17, 15) is 5.11 Å². The van der Waals surface area contributed by atoms with E-state index in [1.54, 1.807) is 6.20 Å². The van der Waals surface area contributed by atoms with Crippen molar-refractivity contribution in [3.63, 3.8) is 0 Å². The van der Waals surface area contributed by atoms with Crippen molar-refractivity contribution in [2.75, 3.05) is 0 Å². The van der Waals surface area contributed by atoms with Crippen molar-refractivity contribution >= 4 is 27.5 Å². The molecule has 0 saturated carbocycles. The minimum atomic E-state index is -0.679. The summed E-state index contributed by atoms with van der Waals surface area (Å²) in [5.74, 6) is 0.351. The Hall–Kier alpha value is -0.900. The third-order valence-electron chi connectivity index (χ3n) is 3.97. The van der Waals surface area contributed by atoms with Crippen LogP contribution in [0, 0.1) is 0 Å². The second-order valence-corrected chi connectivity index (χ2v) is 6.54. The van der Waals surface area contributed by atoms with E-state index in [1.165, 1.54) is 0 Å². The predicted molar refractivity (Wildman–Crippen MR) is 84.2 cm³/mol. The van der Waals surface area contributed by atoms with Gasteiger partial charge in [0.05, 0.1) is 5.69 Å². The van der Waals surface area contributed by atoms with Crippen molar-refractivity contribution in [2.24, 2.45) is 0 Å². The van der Waals surface area contributed by atoms with Crippen molar-refractivity contribution in [1.82, 2.24) is 4.98 Å². The normalized spacial score (nSPS) is 21.0. The molecule has 0 bridgehead atoms. The van der Waals surface area contributed by atoms with Gasteiger partial charge in [0.25, 0.3) is 0 Å². The maximum absolute atomic E-state index is 10.7. The fourth-order valence-electron chi connectivity index (χ4n) is 2.93. The molecule has 1 aliphatic carbocycles. The zero-order chi connectivity index (χ0) is 14.3. The highest BCUT2D eigenvalue weighted by Crippen LogP contribution is 2.39. The van der Waals surface area contributed by atoms with Gasteiger partial charge < -0.3 is 5.11 Å². The van der Waals surface area contributed by atoms with E-state index < -0.39 is 6.10 Å². The fourth-order valence-corrected chi connectivity index (χ4v) is 3.47. The number of pyridine rings is 1. The van der Waals surface area contributed by atoms with Gasteiger partial charge in [0.2, 0.25) is 0 Å². The van der Waals surface area contributed by atoms with Crippen LogP contribution in [-0.2, 0) is 6.42 Å². The molecular formula is C16H15BrClNO. The standard InChI is InChI=1S/C16H15BrClNO/c1-2-9-5-10-6-12(18)3-4-13(10)16(20)15-14(9)7-11(17)8-19-15/h3-4,6-9,16,20H,2,5H2,1H3. The van der Waals surface area contributed by atoms with Gasteiger partial charge in [-0.15, -0.1) is 0 Å². The summed E-state index contributed by atoms with van der Waals surface area (Å²) < 4.78 is 0.950. The van der Waals surface area contributed by atoms with Gasteiger partial charge >= 0.3 is 0 Å². The number of aliphatic hydroxyl groups is 1. The molecule has 1 heterocycles. The van der Waals surface area contributed by atoms with Crippen LogP contribution in [-0.4, -0.2) is 10.1 Å². The Morgan fingerprint density at radius 2 is 2.15 bits per heavy atom. The molecule has 0 fully saturated rings. The number of rotatable bonds is 1. The summed E-state index contributed by atoms with van der Waals surface area (Å²) in [6.07, 6.45) is 2.95. The largest absolute Gasteiger partial charge is 0.382 e. The summed E-state index contributed by atoms with van der Waals surface area (Å²) in [6, 6.07) is 7.78. The van der Waals surface area contributed by atoms with Gasteiger partial charge in [-0.25, -0.2) is 0 Å². The Balaban J connectivity index is 2.21. The van der Waals surface area contributed by atoms with Crippen LogP contribution in [0.2, 0.25) is 5.02 Å². The van der Waals surface area contributed by atoms with Gasteiger partial charge in [0.15, 0.2) is 0 Å². The molecule has 2 unspecified atom stereocenters. The molecule has 0 saturated heterocycles. The Morgan fingerprint density at radius 1 is 1.35 bits per heavy atom. The van der Waals surface area contributed by atoms with Crippen molar-refractivity contribution in [2.45, 2.75) is 31.8 Å². The minimum absolute atomic E-state index is 0.351. The molecule has 20 heavy (non-hydrogen) atoms. The second kappa shape index (κ2) is 5.47. The Bertz CT molecular complexity index is 659. The lowest BCUT2D eigenvalue weighted by molar-refractivity contribution is 0.214. The number of aliphatic hydroxyl groups excluding tert-OH is 1. The summed E-state index contributed by atoms with van der Waals surface area (Å²) in [6.45, 7) is 2.16. The van der Waals surface area contributed by atoms with Crippen LogP contribution < -0.4 is 0 Å². The zero-order valence-electron chi connectivity index (χ0n) is 11.1. The molecule has 2 aromatic rings. The Labute approximate surface area is 131 Å². The molecule has 0 amide bonds. The highest BCUT2D eigenvalue weighted by Gasteiger charge is 2.28. The first-order chi connectivity index (χ1) is 9.60. The number of fused-ring (bicyclic) bond motifs is 2. The van der Waals surface area contributed by atoms with E-state index in [-0.39, 0.29) is 0 Å². The van der Waals surface area contributed by atoms with Crippen LogP contribution in [0.25, 0.3) is 0 Å². The third kappa shape index (κ3) is 2.39. The summed E-state index contributed by atoms with van der Waals surface area (Å²) in [7, 11) is 0. The lowest BCUT2D eigenvalue weighted by atomic mass is 9.91. The number of hydrogen-bond donors (Lipinski definition) is 1. The van der Waals surface area contributed by atoms with Crippen molar-refractivity contribution in [1.29, 1.82) is 0 Å². The van der Waals surface area contributed by atoms with Crippen LogP contribution >= 0.6 is 27.5 Å². The molecule has 4 heteroatoms. The molecule has 0 radical (unpaired) electrons. The average Bonchev–Trinajstić information content (AvgIpc) is 2.54. The quantitative estimate of drug-likeness (QED) is 0.812. The summed E-state index contributed by atoms with van der Waals surface area (Å²) in [4.78, 5) is 4.45. The topological polar surface area (TPSA) is 33.1 Å². The predicted octanol–water partition coefficient (Wildman–Crippen LogP) is 4.63. The first-order valence-electron chi connectivity index (χ1n) is 6.72. The van der Waals surface area contributed by atoms with Crippen molar-refractivity contribution in [3.8, 4) is 0 Å². The third-order valence-corrected chi connectivity index (χ3v) is 4.64. The number of halogens is 2. The number of hydrogen-bond acceptors (Lipinski definition) is 2. The van der Waals surface area contributed by atoms with Crippen molar-refractivity contribution in [3.05, 3.63) is 62.3 Å². The minimum Gasteiger partial charge on any atom is -0.382 e. The van der Waals surface area contributed by atoms with E-state index in [0.717, 1.165) is 39.7 Å². The molecule has 1 N–H and O–H groups in total. The van der Waals surface area contributed by atoms with E-state index in [2.05, 4.69) is 33.9 Å². The van der Waals surface area contributed by atoms with Crippen LogP contribution in [0.1, 0.15) is 47.8 Å². The molecule has 1 aromatic heterocycles. The van der Waals surface area contributed by atoms with Crippen LogP contribution in [0.15, 0.2) is 34.9 Å². The van der Waals surface area contributed by atoms with Gasteiger partial charge in [-0.05, 0) is 69.6 Å². The number of aromatic nitrogens is 1. The first kappa shape index (κ1) is 14.1. The van der Waals surface area contributed by atoms with E-state index >= 15 is 0 Å². The zero-order valence-corrected chi connectivity index (χ0v) is 13.4. The van der Waals surface area contributed by atoms with Crippen LogP contribution in [0.4, 0.5) is 0 Å². The van der Waals surface area contributed by atoms with Gasteiger partial charge in [0.1, 0.15) is 6.10 Å². The molecule has 2 nitrogen and oxygen atoms in total. The van der Waals surface area contributed by atoms with Gasteiger partial charge in [-0.1, -0.05) is 24.6 Å². The Morgan fingerprint density at radius 3 is 2.90 bits per heavy atom. The number of benzene rings is 1. The molecule has 0 spiro atoms. The lowest BCUT2D eigenvalue weighted by Crippen LogP contribution is -2.06. The monoisotopic (exact) mass is 351 g/mol. The molecular weight excluding hydrogens is 338 g/mol. The highest BCUT2D eigenvalue weighted by molar-refractivity contribution is 9.10. The van der Waals surface area contributed by atoms with Crippen molar-refractivity contribution < 1.29 is 5.11 Å². The molecule has 0 aliphatic heterocycles. The molecule has 1 aromatic carbocycles. The average molecular weight is 353 g/mol. The first-order valence-corrected chi connectivity index (χ1v) is 7.89. The van der Waals surface area contributed by atoms with E-state index in [1.807, 2.05) is 18.2 Å². The summed E-state index contributed by atoms with van der Waals surface area (Å²) >= 11 is 9.57. The van der Waals surface area contributed by atoms with E-state index in [4.69, 9.17) is 11.6 Å². The Kier molecular flexibility index (Phi) is 3.85. The smallest absolute Gasteiger partial charge is 0.122 e. The lowest BCUT2D eigenvalue weighted by Gasteiger charge is -2.16. The second-order valence-electron chi connectivity index (χ2n) is 5.18. The molecule has 1 aliphatic rings. The van der Waals surface area contributed by atoms with Gasteiger partial charge in [-0.2, -0.15) is 0 Å². The van der Waals surface area contributed by atoms with E-state index in [0.29, 0.717) is 10.9 Å². The highest BCUT2D eigenvalue weighted by atomic mass is 79.9. The summed E-state index contributed by atoms with van der Waals surface area (Å²) in [5.41, 5.74) is 3.93. The van der Waals surface area contributed by atoms with Gasteiger partial charge in [0, 0.05) is 15.7 Å². The van der Waals surface area contributed by atoms with Gasteiger partial charge in [-0.3, -0.25) is 4.98 Å². The van der Waals surface area contributed by atoms with Crippen LogP contribution in [0.3, 0.4) is 0 Å². The molecule has 104 valence electrons. The van der Waals surface area contributed by atoms with Crippen LogP contribution in [0.5, 0.6) is 0 Å². The SMILES string of the molecule is CCC1Cc2cc(Cl)ccc2C(O)c2ncc(Br)cc21. The molecule has 2 atom stereocenters. The maximum Gasteiger partial charge on any atom is 0.122 e. The fraction of sp³-hybridized carbons (Fsp3) is 0.312. The number of nitrogens with zero attached hydrogens (tertiary/aromatic N) is 1. The maximum atomic E-state index is 10.7. The summed E-state index contributed by atoms with van der Waals surface area (Å²) in [5, 5.41) is 11.4. The molecule has 3 rings (SSSR count).